The number of nitrogens with zero attached hydrogens (tertiary/aromatic N) is 1. The molecule has 3 rings (SSSR count). The molecule has 1 saturated heterocycles. The SMILES string of the molecule is CCCCCOc1ccc(C(=O)CCC(=O)Nc2ccccc2N2CCC(C(N)=O)CC2)cc1. The molecule has 1 aliphatic heterocycles. The number of anilines is 2. The third kappa shape index (κ3) is 7.33. The number of carbonyl (C=O) groups is 3. The van der Waals surface area contributed by atoms with E-state index in [0.717, 1.165) is 30.7 Å². The highest BCUT2D eigenvalue weighted by atomic mass is 16.5. The number of hydrogen-bond donors (Lipinski definition) is 2. The summed E-state index contributed by atoms with van der Waals surface area (Å²) in [5.74, 6) is 0.130. The molecule has 2 aromatic rings. The van der Waals surface area contributed by atoms with Gasteiger partial charge >= 0.3 is 0 Å². The minimum Gasteiger partial charge on any atom is -0.494 e. The lowest BCUT2D eigenvalue weighted by Gasteiger charge is -2.33. The molecule has 1 aliphatic rings. The third-order valence-corrected chi connectivity index (χ3v) is 6.19. The van der Waals surface area contributed by atoms with Gasteiger partial charge in [-0.15, -0.1) is 0 Å². The molecule has 0 radical (unpaired) electrons. The summed E-state index contributed by atoms with van der Waals surface area (Å²) in [4.78, 5) is 38.7. The molecule has 182 valence electrons. The van der Waals surface area contributed by atoms with Crippen molar-refractivity contribution in [1.29, 1.82) is 0 Å². The van der Waals surface area contributed by atoms with E-state index >= 15 is 0 Å². The molecule has 7 nitrogen and oxygen atoms in total. The zero-order valence-electron chi connectivity index (χ0n) is 19.9. The Morgan fingerprint density at radius 1 is 1.00 bits per heavy atom. The van der Waals surface area contributed by atoms with E-state index in [9.17, 15) is 14.4 Å². The summed E-state index contributed by atoms with van der Waals surface area (Å²) in [5.41, 5.74) is 7.64. The van der Waals surface area contributed by atoms with Crippen LogP contribution in [0.25, 0.3) is 0 Å². The van der Waals surface area contributed by atoms with Crippen LogP contribution in [0.3, 0.4) is 0 Å². The van der Waals surface area contributed by atoms with Crippen LogP contribution < -0.4 is 20.7 Å². The Kier molecular flexibility index (Phi) is 9.50. The van der Waals surface area contributed by atoms with Gasteiger partial charge in [0.2, 0.25) is 11.8 Å². The van der Waals surface area contributed by atoms with E-state index < -0.39 is 0 Å². The molecule has 0 atom stereocenters. The van der Waals surface area contributed by atoms with Crippen molar-refractivity contribution >= 4 is 29.0 Å². The van der Waals surface area contributed by atoms with E-state index in [4.69, 9.17) is 10.5 Å². The van der Waals surface area contributed by atoms with Gasteiger partial charge in [0.05, 0.1) is 18.0 Å². The average Bonchev–Trinajstić information content (AvgIpc) is 2.86. The van der Waals surface area contributed by atoms with Crippen LogP contribution in [0.1, 0.15) is 62.2 Å². The Morgan fingerprint density at radius 3 is 2.38 bits per heavy atom. The molecule has 1 fully saturated rings. The number of ether oxygens (including phenoxy) is 1. The van der Waals surface area contributed by atoms with Crippen LogP contribution >= 0.6 is 0 Å². The quantitative estimate of drug-likeness (QED) is 0.353. The second-order valence-electron chi connectivity index (χ2n) is 8.73. The number of unbranched alkanes of at least 4 members (excludes halogenated alkanes) is 2. The Balaban J connectivity index is 1.49. The van der Waals surface area contributed by atoms with Gasteiger partial charge in [-0.3, -0.25) is 14.4 Å². The normalized spacial score (nSPS) is 14.0. The fourth-order valence-electron chi connectivity index (χ4n) is 4.12. The summed E-state index contributed by atoms with van der Waals surface area (Å²) >= 11 is 0. The first kappa shape index (κ1) is 25.3. The number of rotatable bonds is 12. The third-order valence-electron chi connectivity index (χ3n) is 6.19. The molecule has 2 amide bonds. The topological polar surface area (TPSA) is 102 Å². The van der Waals surface area contributed by atoms with Crippen LogP contribution in [0.4, 0.5) is 11.4 Å². The number of para-hydroxylation sites is 2. The van der Waals surface area contributed by atoms with Crippen molar-refractivity contribution in [3.05, 3.63) is 54.1 Å². The first-order chi connectivity index (χ1) is 16.5. The molecule has 0 spiro atoms. The smallest absolute Gasteiger partial charge is 0.224 e. The molecule has 1 heterocycles. The Morgan fingerprint density at radius 2 is 1.71 bits per heavy atom. The number of hydrogen-bond acceptors (Lipinski definition) is 5. The molecule has 2 aromatic carbocycles. The van der Waals surface area contributed by atoms with Gasteiger partial charge in [0.25, 0.3) is 0 Å². The minimum absolute atomic E-state index is 0.0745. The average molecular weight is 466 g/mol. The van der Waals surface area contributed by atoms with E-state index in [1.807, 2.05) is 24.3 Å². The summed E-state index contributed by atoms with van der Waals surface area (Å²) in [7, 11) is 0. The van der Waals surface area contributed by atoms with Gasteiger partial charge < -0.3 is 20.7 Å². The predicted octanol–water partition coefficient (Wildman–Crippen LogP) is 4.56. The molecule has 34 heavy (non-hydrogen) atoms. The monoisotopic (exact) mass is 465 g/mol. The second-order valence-corrected chi connectivity index (χ2v) is 8.73. The number of nitrogens with two attached hydrogens (primary N) is 1. The maximum atomic E-state index is 12.6. The Hall–Kier alpha value is -3.35. The van der Waals surface area contributed by atoms with Crippen molar-refractivity contribution in [1.82, 2.24) is 0 Å². The molecule has 0 aromatic heterocycles. The van der Waals surface area contributed by atoms with Crippen molar-refractivity contribution in [3.63, 3.8) is 0 Å². The van der Waals surface area contributed by atoms with Crippen LogP contribution in [0, 0.1) is 5.92 Å². The van der Waals surface area contributed by atoms with Crippen LogP contribution in [-0.4, -0.2) is 37.3 Å². The zero-order chi connectivity index (χ0) is 24.3. The summed E-state index contributed by atoms with van der Waals surface area (Å²) in [6, 6.07) is 14.7. The van der Waals surface area contributed by atoms with E-state index in [0.29, 0.717) is 43.8 Å². The van der Waals surface area contributed by atoms with E-state index in [1.165, 1.54) is 0 Å². The minimum atomic E-state index is -0.250. The lowest BCUT2D eigenvalue weighted by molar-refractivity contribution is -0.122. The Labute approximate surface area is 201 Å². The van der Waals surface area contributed by atoms with Gasteiger partial charge in [0, 0.05) is 37.4 Å². The summed E-state index contributed by atoms with van der Waals surface area (Å²) in [5, 5.41) is 2.95. The molecule has 7 heteroatoms. The summed E-state index contributed by atoms with van der Waals surface area (Å²) < 4.78 is 5.68. The number of Topliss-reactive ketones (excluding diaryl/α,β-unsaturated/α-hetero) is 1. The largest absolute Gasteiger partial charge is 0.494 e. The number of carbonyl (C=O) groups excluding carboxylic acids is 3. The number of amides is 2. The number of benzene rings is 2. The first-order valence-corrected chi connectivity index (χ1v) is 12.2. The second kappa shape index (κ2) is 12.8. The van der Waals surface area contributed by atoms with E-state index in [1.54, 1.807) is 24.3 Å². The van der Waals surface area contributed by atoms with Crippen LogP contribution in [0.5, 0.6) is 5.75 Å². The standard InChI is InChI=1S/C27H35N3O4/c1-2-3-6-19-34-22-11-9-20(10-12-22)25(31)13-14-26(32)29-23-7-4-5-8-24(23)30-17-15-21(16-18-30)27(28)33/h4-5,7-12,21H,2-3,6,13-19H2,1H3,(H2,28,33)(H,29,32). The van der Waals surface area contributed by atoms with Crippen molar-refractivity contribution in [2.45, 2.75) is 51.9 Å². The van der Waals surface area contributed by atoms with E-state index in [2.05, 4.69) is 17.1 Å². The highest BCUT2D eigenvalue weighted by Gasteiger charge is 2.24. The van der Waals surface area contributed by atoms with Gasteiger partial charge in [0.15, 0.2) is 5.78 Å². The highest BCUT2D eigenvalue weighted by Crippen LogP contribution is 2.30. The molecule has 0 aliphatic carbocycles. The lowest BCUT2D eigenvalue weighted by Crippen LogP contribution is -2.38. The maximum Gasteiger partial charge on any atom is 0.224 e. The van der Waals surface area contributed by atoms with Crippen molar-refractivity contribution in [2.24, 2.45) is 11.7 Å². The van der Waals surface area contributed by atoms with Crippen LogP contribution in [0.15, 0.2) is 48.5 Å². The van der Waals surface area contributed by atoms with Gasteiger partial charge in [-0.05, 0) is 55.7 Å². The fraction of sp³-hybridized carbons (Fsp3) is 0.444. The number of ketones is 1. The van der Waals surface area contributed by atoms with Gasteiger partial charge in [0.1, 0.15) is 5.75 Å². The molecule has 0 bridgehead atoms. The van der Waals surface area contributed by atoms with Gasteiger partial charge in [-0.1, -0.05) is 31.9 Å². The van der Waals surface area contributed by atoms with Crippen molar-refractivity contribution in [3.8, 4) is 5.75 Å². The van der Waals surface area contributed by atoms with Crippen molar-refractivity contribution < 1.29 is 19.1 Å². The number of primary amides is 1. The zero-order valence-corrected chi connectivity index (χ0v) is 19.9. The lowest BCUT2D eigenvalue weighted by atomic mass is 9.96. The van der Waals surface area contributed by atoms with Gasteiger partial charge in [-0.2, -0.15) is 0 Å². The summed E-state index contributed by atoms with van der Waals surface area (Å²) in [6.45, 7) is 4.23. The summed E-state index contributed by atoms with van der Waals surface area (Å²) in [6.07, 6.45) is 4.94. The fourth-order valence-corrected chi connectivity index (χ4v) is 4.12. The Bertz CT molecular complexity index is 966. The van der Waals surface area contributed by atoms with Crippen LogP contribution in [-0.2, 0) is 9.59 Å². The first-order valence-electron chi connectivity index (χ1n) is 12.2. The number of nitrogens with one attached hydrogen (secondary N) is 1. The highest BCUT2D eigenvalue weighted by molar-refractivity contribution is 6.01. The number of piperidine rings is 1. The van der Waals surface area contributed by atoms with Crippen LogP contribution in [0.2, 0.25) is 0 Å². The molecule has 3 N–H and O–H groups in total. The molecule has 0 saturated carbocycles. The van der Waals surface area contributed by atoms with Crippen molar-refractivity contribution in [2.75, 3.05) is 29.9 Å². The molecular formula is C27H35N3O4. The predicted molar refractivity (Wildman–Crippen MR) is 134 cm³/mol. The molecular weight excluding hydrogens is 430 g/mol. The van der Waals surface area contributed by atoms with Gasteiger partial charge in [-0.25, -0.2) is 0 Å². The molecule has 0 unspecified atom stereocenters. The van der Waals surface area contributed by atoms with E-state index in [-0.39, 0.29) is 36.4 Å². The maximum absolute atomic E-state index is 12.6.